The maximum absolute atomic E-state index is 12.6. The standard InChI is InChI=1S/C40H72NO11P/c1-3-5-7-8-9-10-11-12-13-14-18-21-25-29-38(42)48-31-34(32-49-53(46,47)50-33-35(41)40(44)45)51-39(43)30-26-22-19-16-15-17-20-24-28-37-36(52-37)27-23-6-4-2/h10-11,20,24,34-37H,3-9,12-19,21-23,25-33,41H2,1-2H3,(H,44,45)(H,46,47)/b11-10-,24-20-/t34-,35+,36?,37?/m1/s1. The van der Waals surface area contributed by atoms with Crippen LogP contribution >= 0.6 is 7.82 Å². The fourth-order valence-electron chi connectivity index (χ4n) is 5.71. The fraction of sp³-hybridized carbons (Fsp3) is 0.825. The molecule has 5 atom stereocenters. The van der Waals surface area contributed by atoms with Gasteiger partial charge in [-0.25, -0.2) is 4.57 Å². The van der Waals surface area contributed by atoms with Crippen LogP contribution in [0.4, 0.5) is 0 Å². The topological polar surface area (TPSA) is 184 Å². The summed E-state index contributed by atoms with van der Waals surface area (Å²) < 4.78 is 38.3. The van der Waals surface area contributed by atoms with Crippen molar-refractivity contribution < 1.29 is 52.2 Å². The first-order chi connectivity index (χ1) is 25.6. The number of rotatable bonds is 37. The number of esters is 2. The first kappa shape index (κ1) is 48.9. The molecule has 0 spiro atoms. The fourth-order valence-corrected chi connectivity index (χ4v) is 6.49. The maximum Gasteiger partial charge on any atom is 0.472 e. The molecule has 12 nitrogen and oxygen atoms in total. The summed E-state index contributed by atoms with van der Waals surface area (Å²) in [6.45, 7) is 2.72. The summed E-state index contributed by atoms with van der Waals surface area (Å²) in [5, 5.41) is 8.87. The van der Waals surface area contributed by atoms with Crippen molar-refractivity contribution in [2.75, 3.05) is 19.8 Å². The summed E-state index contributed by atoms with van der Waals surface area (Å²) in [5.74, 6) is -2.41. The van der Waals surface area contributed by atoms with Crippen molar-refractivity contribution in [2.24, 2.45) is 5.73 Å². The Morgan fingerprint density at radius 3 is 1.79 bits per heavy atom. The molecule has 0 radical (unpaired) electrons. The van der Waals surface area contributed by atoms with Gasteiger partial charge in [-0.05, 0) is 64.2 Å². The van der Waals surface area contributed by atoms with Crippen molar-refractivity contribution in [2.45, 2.75) is 192 Å². The van der Waals surface area contributed by atoms with Gasteiger partial charge in [-0.1, -0.05) is 115 Å². The zero-order valence-electron chi connectivity index (χ0n) is 32.8. The second-order valence-corrected chi connectivity index (χ2v) is 15.6. The predicted molar refractivity (Wildman–Crippen MR) is 207 cm³/mol. The van der Waals surface area contributed by atoms with Gasteiger partial charge in [0.1, 0.15) is 12.6 Å². The van der Waals surface area contributed by atoms with Gasteiger partial charge in [0.05, 0.1) is 25.4 Å². The van der Waals surface area contributed by atoms with Gasteiger partial charge in [0.2, 0.25) is 0 Å². The number of phosphoric acid groups is 1. The third-order valence-electron chi connectivity index (χ3n) is 9.10. The predicted octanol–water partition coefficient (Wildman–Crippen LogP) is 9.27. The summed E-state index contributed by atoms with van der Waals surface area (Å²) in [4.78, 5) is 45.9. The Kier molecular flexibility index (Phi) is 29.7. The summed E-state index contributed by atoms with van der Waals surface area (Å²) in [7, 11) is -4.72. The molecule has 0 bridgehead atoms. The van der Waals surface area contributed by atoms with E-state index in [9.17, 15) is 23.8 Å². The molecular weight excluding hydrogens is 701 g/mol. The largest absolute Gasteiger partial charge is 0.480 e. The number of unbranched alkanes of at least 4 members (excludes halogenated alkanes) is 16. The van der Waals surface area contributed by atoms with Gasteiger partial charge in [-0.3, -0.25) is 23.4 Å². The smallest absolute Gasteiger partial charge is 0.472 e. The summed E-state index contributed by atoms with van der Waals surface area (Å²) in [5.41, 5.74) is 5.32. The highest BCUT2D eigenvalue weighted by Gasteiger charge is 2.36. The van der Waals surface area contributed by atoms with E-state index < -0.39 is 51.1 Å². The summed E-state index contributed by atoms with van der Waals surface area (Å²) in [6.07, 6.45) is 32.7. The molecule has 1 fully saturated rings. The Balaban J connectivity index is 2.31. The van der Waals surface area contributed by atoms with Crippen LogP contribution in [0.2, 0.25) is 0 Å². The number of allylic oxidation sites excluding steroid dienone is 3. The number of aliphatic carboxylic acids is 1. The van der Waals surface area contributed by atoms with Crippen LogP contribution in [0, 0.1) is 0 Å². The van der Waals surface area contributed by atoms with Crippen molar-refractivity contribution in [1.82, 2.24) is 0 Å². The zero-order chi connectivity index (χ0) is 39.0. The number of carbonyl (C=O) groups is 3. The molecule has 3 unspecified atom stereocenters. The normalized spacial score (nSPS) is 17.9. The van der Waals surface area contributed by atoms with Gasteiger partial charge in [-0.2, -0.15) is 0 Å². The van der Waals surface area contributed by atoms with Gasteiger partial charge < -0.3 is 29.9 Å². The second kappa shape index (κ2) is 32.2. The molecular formula is C40H72NO11P. The number of hydrogen-bond donors (Lipinski definition) is 3. The molecule has 0 aromatic carbocycles. The van der Waals surface area contributed by atoms with E-state index in [1.807, 2.05) is 0 Å². The third-order valence-corrected chi connectivity index (χ3v) is 10.0. The van der Waals surface area contributed by atoms with Crippen LogP contribution < -0.4 is 5.73 Å². The lowest BCUT2D eigenvalue weighted by molar-refractivity contribution is -0.161. The molecule has 1 aliphatic heterocycles. The van der Waals surface area contributed by atoms with Gasteiger partial charge in [0.25, 0.3) is 0 Å². The van der Waals surface area contributed by atoms with Crippen LogP contribution in [-0.4, -0.2) is 72.1 Å². The van der Waals surface area contributed by atoms with Crippen LogP contribution in [0.3, 0.4) is 0 Å². The average molecular weight is 774 g/mol. The minimum atomic E-state index is -4.72. The van der Waals surface area contributed by atoms with Crippen LogP contribution in [0.15, 0.2) is 24.3 Å². The second-order valence-electron chi connectivity index (χ2n) is 14.1. The Labute approximate surface area is 319 Å². The van der Waals surface area contributed by atoms with E-state index in [1.165, 1.54) is 51.4 Å². The summed E-state index contributed by atoms with van der Waals surface area (Å²) in [6, 6.07) is -1.53. The summed E-state index contributed by atoms with van der Waals surface area (Å²) >= 11 is 0. The van der Waals surface area contributed by atoms with Crippen molar-refractivity contribution in [3.05, 3.63) is 24.3 Å². The number of nitrogens with two attached hydrogens (primary N) is 1. The number of ether oxygens (including phenoxy) is 3. The van der Waals surface area contributed by atoms with E-state index in [0.29, 0.717) is 25.0 Å². The molecule has 4 N–H and O–H groups in total. The monoisotopic (exact) mass is 773 g/mol. The quantitative estimate of drug-likeness (QED) is 0.0179. The molecule has 0 aliphatic carbocycles. The van der Waals surface area contributed by atoms with Gasteiger partial charge in [0.15, 0.2) is 6.10 Å². The van der Waals surface area contributed by atoms with Crippen LogP contribution in [-0.2, 0) is 42.2 Å². The molecule has 0 aromatic heterocycles. The minimum absolute atomic E-state index is 0.140. The average Bonchev–Trinajstić information content (AvgIpc) is 3.88. The lowest BCUT2D eigenvalue weighted by atomic mass is 10.1. The van der Waals surface area contributed by atoms with Gasteiger partial charge in [-0.15, -0.1) is 0 Å². The molecule has 0 amide bonds. The highest BCUT2D eigenvalue weighted by molar-refractivity contribution is 7.47. The first-order valence-electron chi connectivity index (χ1n) is 20.5. The molecule has 53 heavy (non-hydrogen) atoms. The van der Waals surface area contributed by atoms with E-state index in [4.69, 9.17) is 29.6 Å². The van der Waals surface area contributed by atoms with E-state index in [0.717, 1.165) is 77.0 Å². The molecule has 13 heteroatoms. The Morgan fingerprint density at radius 2 is 1.19 bits per heavy atom. The number of hydrogen-bond acceptors (Lipinski definition) is 10. The number of carboxylic acids is 1. The number of phosphoric ester groups is 1. The lowest BCUT2D eigenvalue weighted by Crippen LogP contribution is -2.34. The number of epoxide rings is 1. The Morgan fingerprint density at radius 1 is 0.679 bits per heavy atom. The van der Waals surface area contributed by atoms with Crippen LogP contribution in [0.5, 0.6) is 0 Å². The van der Waals surface area contributed by atoms with Crippen LogP contribution in [0.25, 0.3) is 0 Å². The van der Waals surface area contributed by atoms with E-state index in [2.05, 4.69) is 42.7 Å². The van der Waals surface area contributed by atoms with Crippen molar-refractivity contribution in [1.29, 1.82) is 0 Å². The van der Waals surface area contributed by atoms with E-state index >= 15 is 0 Å². The van der Waals surface area contributed by atoms with E-state index in [1.54, 1.807) is 0 Å². The number of carbonyl (C=O) groups excluding carboxylic acids is 2. The lowest BCUT2D eigenvalue weighted by Gasteiger charge is -2.20. The molecule has 1 aliphatic rings. The number of carboxylic acid groups (broad SMARTS) is 1. The SMILES string of the molecule is CCCCCC/C=C\CCCCCCCC(=O)OC[C@H](COP(=O)(O)OC[C@H](N)C(=O)O)OC(=O)CCCCCCC/C=C\CC1OC1CCCCC. The Hall–Kier alpha value is -2.08. The highest BCUT2D eigenvalue weighted by atomic mass is 31.2. The van der Waals surface area contributed by atoms with Gasteiger partial charge >= 0.3 is 25.7 Å². The zero-order valence-corrected chi connectivity index (χ0v) is 33.7. The molecule has 1 heterocycles. The Bertz CT molecular complexity index is 1070. The van der Waals surface area contributed by atoms with Crippen LogP contribution in [0.1, 0.15) is 168 Å². The first-order valence-corrected chi connectivity index (χ1v) is 22.0. The molecule has 308 valence electrons. The highest BCUT2D eigenvalue weighted by Crippen LogP contribution is 2.43. The van der Waals surface area contributed by atoms with Gasteiger partial charge in [0, 0.05) is 12.8 Å². The van der Waals surface area contributed by atoms with Crippen molar-refractivity contribution in [3.8, 4) is 0 Å². The molecule has 0 aromatic rings. The van der Waals surface area contributed by atoms with E-state index in [-0.39, 0.29) is 19.4 Å². The minimum Gasteiger partial charge on any atom is -0.480 e. The molecule has 1 rings (SSSR count). The maximum atomic E-state index is 12.6. The molecule has 0 saturated carbocycles. The van der Waals surface area contributed by atoms with Crippen molar-refractivity contribution in [3.63, 3.8) is 0 Å². The molecule has 1 saturated heterocycles. The van der Waals surface area contributed by atoms with Crippen molar-refractivity contribution >= 4 is 25.7 Å². The third kappa shape index (κ3) is 29.9.